The van der Waals surface area contributed by atoms with Crippen LogP contribution in [0.25, 0.3) is 5.69 Å². The van der Waals surface area contributed by atoms with Gasteiger partial charge < -0.3 is 14.8 Å². The second-order valence-corrected chi connectivity index (χ2v) is 7.41. The summed E-state index contributed by atoms with van der Waals surface area (Å²) in [6.45, 7) is 6.05. The van der Waals surface area contributed by atoms with Crippen molar-refractivity contribution in [3.8, 4) is 5.69 Å². The minimum atomic E-state index is 0.0753. The summed E-state index contributed by atoms with van der Waals surface area (Å²) in [6.07, 6.45) is 6.00. The van der Waals surface area contributed by atoms with E-state index in [0.29, 0.717) is 19.6 Å². The Morgan fingerprint density at radius 3 is 2.58 bits per heavy atom. The largest absolute Gasteiger partial charge is 0.355 e. The third kappa shape index (κ3) is 4.53. The second kappa shape index (κ2) is 9.00. The number of aromatic nitrogens is 1. The molecule has 0 radical (unpaired) electrons. The van der Waals surface area contributed by atoms with Crippen LogP contribution >= 0.6 is 11.3 Å². The van der Waals surface area contributed by atoms with Gasteiger partial charge in [0.2, 0.25) is 5.91 Å². The van der Waals surface area contributed by atoms with Gasteiger partial charge in [0.15, 0.2) is 0 Å². The Labute approximate surface area is 158 Å². The van der Waals surface area contributed by atoms with Crippen LogP contribution in [-0.4, -0.2) is 65.4 Å². The van der Waals surface area contributed by atoms with Gasteiger partial charge in [0.25, 0.3) is 5.91 Å². The lowest BCUT2D eigenvalue weighted by Gasteiger charge is -2.34. The first-order chi connectivity index (χ1) is 12.7. The smallest absolute Gasteiger partial charge is 0.266 e. The van der Waals surface area contributed by atoms with E-state index >= 15 is 0 Å². The fourth-order valence-corrected chi connectivity index (χ4v) is 3.93. The average molecular weight is 375 g/mol. The van der Waals surface area contributed by atoms with Crippen LogP contribution in [-0.2, 0) is 4.79 Å². The van der Waals surface area contributed by atoms with Gasteiger partial charge in [0.1, 0.15) is 4.88 Å². The predicted octanol–water partition coefficient (Wildman–Crippen LogP) is 2.21. The SMILES string of the molecule is CCCCNC(=O)CN1CCN(C(=O)c2sccc2-n2cccc2)CC1. The Hall–Kier alpha value is -2.12. The van der Waals surface area contributed by atoms with E-state index in [-0.39, 0.29) is 11.8 Å². The van der Waals surface area contributed by atoms with Crippen molar-refractivity contribution in [3.05, 3.63) is 40.8 Å². The van der Waals surface area contributed by atoms with Crippen molar-refractivity contribution < 1.29 is 9.59 Å². The highest BCUT2D eigenvalue weighted by Crippen LogP contribution is 2.23. The van der Waals surface area contributed by atoms with Crippen molar-refractivity contribution >= 4 is 23.2 Å². The van der Waals surface area contributed by atoms with E-state index in [0.717, 1.165) is 43.0 Å². The average Bonchev–Trinajstić information content (AvgIpc) is 3.33. The van der Waals surface area contributed by atoms with Gasteiger partial charge in [0, 0.05) is 45.1 Å². The molecule has 1 N–H and O–H groups in total. The standard InChI is InChI=1S/C19H26N4O2S/c1-2-3-7-20-17(24)15-21-10-12-23(13-11-21)19(25)18-16(6-14-26-18)22-8-4-5-9-22/h4-6,8-9,14H,2-3,7,10-13,15H2,1H3,(H,20,24). The van der Waals surface area contributed by atoms with E-state index in [9.17, 15) is 9.59 Å². The van der Waals surface area contributed by atoms with E-state index < -0.39 is 0 Å². The summed E-state index contributed by atoms with van der Waals surface area (Å²) in [5, 5.41) is 4.91. The van der Waals surface area contributed by atoms with Crippen LogP contribution in [0.3, 0.4) is 0 Å². The molecule has 0 unspecified atom stereocenters. The minimum Gasteiger partial charge on any atom is -0.355 e. The van der Waals surface area contributed by atoms with Gasteiger partial charge in [0.05, 0.1) is 12.2 Å². The maximum Gasteiger partial charge on any atom is 0.266 e. The molecule has 1 saturated heterocycles. The highest BCUT2D eigenvalue weighted by Gasteiger charge is 2.25. The number of nitrogens with zero attached hydrogens (tertiary/aromatic N) is 3. The Balaban J connectivity index is 1.52. The molecule has 1 aliphatic rings. The monoisotopic (exact) mass is 374 g/mol. The Morgan fingerprint density at radius 2 is 1.88 bits per heavy atom. The summed E-state index contributed by atoms with van der Waals surface area (Å²) in [5.74, 6) is 0.155. The lowest BCUT2D eigenvalue weighted by molar-refractivity contribution is -0.122. The molecule has 2 aromatic rings. The van der Waals surface area contributed by atoms with Gasteiger partial charge >= 0.3 is 0 Å². The van der Waals surface area contributed by atoms with E-state index in [1.165, 1.54) is 11.3 Å². The number of carbonyl (C=O) groups excluding carboxylic acids is 2. The summed E-state index contributed by atoms with van der Waals surface area (Å²) >= 11 is 1.48. The van der Waals surface area contributed by atoms with Gasteiger partial charge in [-0.2, -0.15) is 0 Å². The molecule has 7 heteroatoms. The fraction of sp³-hybridized carbons (Fsp3) is 0.474. The first kappa shape index (κ1) is 18.7. The molecule has 3 heterocycles. The molecule has 0 atom stereocenters. The quantitative estimate of drug-likeness (QED) is 0.756. The van der Waals surface area contributed by atoms with Crippen LogP contribution in [0.4, 0.5) is 0 Å². The van der Waals surface area contributed by atoms with Crippen molar-refractivity contribution in [3.63, 3.8) is 0 Å². The predicted molar refractivity (Wildman–Crippen MR) is 104 cm³/mol. The molecule has 26 heavy (non-hydrogen) atoms. The number of hydrogen-bond donors (Lipinski definition) is 1. The van der Waals surface area contributed by atoms with Crippen LogP contribution in [0.5, 0.6) is 0 Å². The third-order valence-electron chi connectivity index (χ3n) is 4.60. The van der Waals surface area contributed by atoms with E-state index in [1.54, 1.807) is 0 Å². The number of hydrogen-bond acceptors (Lipinski definition) is 4. The Morgan fingerprint density at radius 1 is 1.15 bits per heavy atom. The molecule has 1 aliphatic heterocycles. The highest BCUT2D eigenvalue weighted by molar-refractivity contribution is 7.12. The van der Waals surface area contributed by atoms with E-state index in [2.05, 4.69) is 17.1 Å². The topological polar surface area (TPSA) is 57.6 Å². The molecular weight excluding hydrogens is 348 g/mol. The number of piperazine rings is 1. The normalized spacial score (nSPS) is 15.2. The molecule has 0 aromatic carbocycles. The summed E-state index contributed by atoms with van der Waals surface area (Å²) in [7, 11) is 0. The molecule has 3 rings (SSSR count). The molecule has 1 fully saturated rings. The van der Waals surface area contributed by atoms with Gasteiger partial charge in [-0.1, -0.05) is 13.3 Å². The van der Waals surface area contributed by atoms with Crippen molar-refractivity contribution in [2.75, 3.05) is 39.3 Å². The molecule has 2 aromatic heterocycles. The van der Waals surface area contributed by atoms with Crippen LogP contribution in [0.15, 0.2) is 36.0 Å². The summed E-state index contributed by atoms with van der Waals surface area (Å²) < 4.78 is 1.97. The molecule has 0 bridgehead atoms. The molecule has 0 saturated carbocycles. The number of carbonyl (C=O) groups is 2. The summed E-state index contributed by atoms with van der Waals surface area (Å²) in [5.41, 5.74) is 0.933. The van der Waals surface area contributed by atoms with Crippen LogP contribution in [0.1, 0.15) is 29.4 Å². The zero-order chi connectivity index (χ0) is 18.4. The van der Waals surface area contributed by atoms with E-state index in [4.69, 9.17) is 0 Å². The zero-order valence-electron chi connectivity index (χ0n) is 15.2. The zero-order valence-corrected chi connectivity index (χ0v) is 16.0. The fourth-order valence-electron chi connectivity index (χ4n) is 3.08. The lowest BCUT2D eigenvalue weighted by atomic mass is 10.2. The van der Waals surface area contributed by atoms with Crippen molar-refractivity contribution in [1.29, 1.82) is 0 Å². The Bertz CT molecular complexity index is 718. The van der Waals surface area contributed by atoms with Gasteiger partial charge in [-0.3, -0.25) is 14.5 Å². The van der Waals surface area contributed by atoms with Crippen LogP contribution < -0.4 is 5.32 Å². The molecule has 140 valence electrons. The highest BCUT2D eigenvalue weighted by atomic mass is 32.1. The minimum absolute atomic E-state index is 0.0753. The third-order valence-corrected chi connectivity index (χ3v) is 5.49. The molecule has 2 amide bonds. The van der Waals surface area contributed by atoms with Crippen LogP contribution in [0.2, 0.25) is 0 Å². The number of amides is 2. The molecule has 0 spiro atoms. The Kier molecular flexibility index (Phi) is 6.46. The maximum atomic E-state index is 12.9. The summed E-state index contributed by atoms with van der Waals surface area (Å²) in [6, 6.07) is 5.89. The van der Waals surface area contributed by atoms with Crippen molar-refractivity contribution in [2.45, 2.75) is 19.8 Å². The maximum absolute atomic E-state index is 12.9. The number of nitrogens with one attached hydrogen (secondary N) is 1. The number of unbranched alkanes of at least 4 members (excludes halogenated alkanes) is 1. The lowest BCUT2D eigenvalue weighted by Crippen LogP contribution is -2.51. The van der Waals surface area contributed by atoms with Gasteiger partial charge in [-0.05, 0) is 30.0 Å². The first-order valence-electron chi connectivity index (χ1n) is 9.18. The number of thiophene rings is 1. The first-order valence-corrected chi connectivity index (χ1v) is 10.1. The van der Waals surface area contributed by atoms with E-state index in [1.807, 2.05) is 45.4 Å². The summed E-state index contributed by atoms with van der Waals surface area (Å²) in [4.78, 5) is 29.6. The second-order valence-electron chi connectivity index (χ2n) is 6.50. The molecular formula is C19H26N4O2S. The molecule has 6 nitrogen and oxygen atoms in total. The van der Waals surface area contributed by atoms with Crippen LogP contribution in [0, 0.1) is 0 Å². The number of rotatable bonds is 7. The van der Waals surface area contributed by atoms with Gasteiger partial charge in [-0.25, -0.2) is 0 Å². The van der Waals surface area contributed by atoms with Gasteiger partial charge in [-0.15, -0.1) is 11.3 Å². The van der Waals surface area contributed by atoms with Crippen molar-refractivity contribution in [1.82, 2.24) is 19.7 Å². The molecule has 0 aliphatic carbocycles. The van der Waals surface area contributed by atoms with Crippen molar-refractivity contribution in [2.24, 2.45) is 0 Å².